The van der Waals surface area contributed by atoms with Crippen molar-refractivity contribution in [1.82, 2.24) is 42.5 Å². The molecule has 0 saturated carbocycles. The van der Waals surface area contributed by atoms with Gasteiger partial charge in [0.2, 0.25) is 47.3 Å². The lowest BCUT2D eigenvalue weighted by Crippen LogP contribution is -2.64. The molecular weight excluding hydrogens is 793 g/mol. The highest BCUT2D eigenvalue weighted by atomic mass is 16.3. The third-order valence-electron chi connectivity index (χ3n) is 10.3. The molecule has 0 bridgehead atoms. The number of likely N-dealkylation sites (N-methyl/N-ethyl adjacent to an activating group) is 1. The fraction of sp³-hybridized carbons (Fsp3) is 0.805. The Bertz CT molecular complexity index is 1440. The third-order valence-corrected chi connectivity index (χ3v) is 10.3. The molecule has 0 heterocycles. The van der Waals surface area contributed by atoms with Gasteiger partial charge in [-0.3, -0.25) is 38.4 Å². The molecule has 0 aliphatic rings. The second kappa shape index (κ2) is 28.2. The van der Waals surface area contributed by atoms with Crippen molar-refractivity contribution in [2.75, 3.05) is 13.6 Å². The smallest absolute Gasteiger partial charge is 0.245 e. The minimum atomic E-state index is -1.69. The molecule has 14 N–H and O–H groups in total. The molecule has 0 rings (SSSR count). The summed E-state index contributed by atoms with van der Waals surface area (Å²) in [5.74, 6) is -7.01. The van der Waals surface area contributed by atoms with Crippen LogP contribution in [0.5, 0.6) is 0 Å². The van der Waals surface area contributed by atoms with Gasteiger partial charge in [0, 0.05) is 0 Å². The molecule has 20 nitrogen and oxygen atoms in total. The van der Waals surface area contributed by atoms with Crippen LogP contribution in [0, 0.1) is 23.7 Å². The van der Waals surface area contributed by atoms with Gasteiger partial charge in [-0.05, 0) is 90.1 Å². The molecule has 8 amide bonds. The second-order valence-electron chi connectivity index (χ2n) is 17.2. The quantitative estimate of drug-likeness (QED) is 0.0369. The average Bonchev–Trinajstić information content (AvgIpc) is 3.17. The molecule has 0 unspecified atom stereocenters. The van der Waals surface area contributed by atoms with Gasteiger partial charge < -0.3 is 64.2 Å². The van der Waals surface area contributed by atoms with E-state index in [4.69, 9.17) is 11.5 Å². The largest absolute Gasteiger partial charge is 0.391 e. The number of primary amides is 1. The highest BCUT2D eigenvalue weighted by Crippen LogP contribution is 2.14. The molecular formula is C41H78N10O10. The van der Waals surface area contributed by atoms with Crippen molar-refractivity contribution >= 4 is 47.3 Å². The fourth-order valence-corrected chi connectivity index (χ4v) is 6.17. The molecule has 0 aliphatic carbocycles. The molecule has 352 valence electrons. The van der Waals surface area contributed by atoms with Gasteiger partial charge in [-0.25, -0.2) is 0 Å². The molecule has 0 fully saturated rings. The van der Waals surface area contributed by atoms with Crippen molar-refractivity contribution in [1.29, 1.82) is 0 Å². The first-order valence-electron chi connectivity index (χ1n) is 21.5. The normalized spacial score (nSPS) is 17.0. The lowest BCUT2D eigenvalue weighted by Gasteiger charge is -2.31. The summed E-state index contributed by atoms with van der Waals surface area (Å²) in [6, 6.07) is -9.55. The molecule has 61 heavy (non-hydrogen) atoms. The molecule has 0 radical (unpaired) electrons. The van der Waals surface area contributed by atoms with E-state index in [9.17, 15) is 48.6 Å². The van der Waals surface area contributed by atoms with Crippen LogP contribution in [0.4, 0.5) is 0 Å². The average molecular weight is 871 g/mol. The maximum Gasteiger partial charge on any atom is 0.245 e. The molecule has 11 atom stereocenters. The van der Waals surface area contributed by atoms with E-state index in [1.54, 1.807) is 34.7 Å². The van der Waals surface area contributed by atoms with Crippen molar-refractivity contribution in [3.63, 3.8) is 0 Å². The number of hydrogen-bond acceptors (Lipinski definition) is 12. The van der Waals surface area contributed by atoms with E-state index < -0.39 is 120 Å². The molecule has 20 heteroatoms. The van der Waals surface area contributed by atoms with Gasteiger partial charge in [0.05, 0.1) is 18.2 Å². The van der Waals surface area contributed by atoms with Crippen LogP contribution in [0.1, 0.15) is 115 Å². The molecule has 0 spiro atoms. The van der Waals surface area contributed by atoms with Gasteiger partial charge >= 0.3 is 0 Å². The van der Waals surface area contributed by atoms with Gasteiger partial charge in [-0.1, -0.05) is 61.8 Å². The van der Waals surface area contributed by atoms with Crippen molar-refractivity contribution in [3.8, 4) is 0 Å². The van der Waals surface area contributed by atoms with E-state index in [0.717, 1.165) is 0 Å². The van der Waals surface area contributed by atoms with Crippen LogP contribution < -0.4 is 54.0 Å². The first-order chi connectivity index (χ1) is 28.3. The predicted molar refractivity (Wildman–Crippen MR) is 231 cm³/mol. The summed E-state index contributed by atoms with van der Waals surface area (Å²) in [4.78, 5) is 107. The van der Waals surface area contributed by atoms with Crippen molar-refractivity contribution in [3.05, 3.63) is 0 Å². The second-order valence-corrected chi connectivity index (χ2v) is 17.2. The number of nitrogens with two attached hydrogens (primary N) is 2. The minimum absolute atomic E-state index is 0.0109. The lowest BCUT2D eigenvalue weighted by molar-refractivity contribution is -0.139. The SMILES string of the molecule is CC[C@H](C)[C@H](NC(=O)[C@@H](NC(=O)[C@@H](NC(=O)[C@@H](NC(=O)[C@H](CCCCN)NC(=O)[C@H](CC(C)C)NC(=O)[C@H](C)NC)[C@@H](C)O)[C@@H](C)O)C(C)C)C(=O)N[C@@H](CC(C)C)C(N)=O. The summed E-state index contributed by atoms with van der Waals surface area (Å²) in [5, 5.41) is 42.2. The van der Waals surface area contributed by atoms with Gasteiger partial charge in [0.25, 0.3) is 0 Å². The fourth-order valence-electron chi connectivity index (χ4n) is 6.17. The van der Waals surface area contributed by atoms with Gasteiger partial charge in [0.15, 0.2) is 0 Å². The number of aliphatic hydroxyl groups excluding tert-OH is 2. The van der Waals surface area contributed by atoms with Crippen LogP contribution in [-0.2, 0) is 38.4 Å². The number of hydrogen-bond donors (Lipinski definition) is 12. The van der Waals surface area contributed by atoms with E-state index in [1.807, 2.05) is 34.6 Å². The van der Waals surface area contributed by atoms with E-state index in [-0.39, 0.29) is 31.1 Å². The zero-order chi connectivity index (χ0) is 47.3. The molecule has 0 aromatic heterocycles. The van der Waals surface area contributed by atoms with Crippen LogP contribution in [0.3, 0.4) is 0 Å². The first-order valence-corrected chi connectivity index (χ1v) is 21.5. The summed E-state index contributed by atoms with van der Waals surface area (Å²) < 4.78 is 0. The first kappa shape index (κ1) is 56.6. The van der Waals surface area contributed by atoms with E-state index in [0.29, 0.717) is 25.8 Å². The van der Waals surface area contributed by atoms with Crippen molar-refractivity contribution in [2.45, 2.75) is 175 Å². The zero-order valence-corrected chi connectivity index (χ0v) is 38.3. The third kappa shape index (κ3) is 20.3. The number of carbonyl (C=O) groups is 8. The van der Waals surface area contributed by atoms with E-state index >= 15 is 0 Å². The lowest BCUT2D eigenvalue weighted by atomic mass is 9.95. The Hall–Kier alpha value is -4.40. The Kier molecular flexibility index (Phi) is 26.2. The maximum atomic E-state index is 13.7. The highest BCUT2D eigenvalue weighted by Gasteiger charge is 2.38. The van der Waals surface area contributed by atoms with Gasteiger partial charge in [-0.15, -0.1) is 0 Å². The summed E-state index contributed by atoms with van der Waals surface area (Å²) in [5.41, 5.74) is 11.2. The number of unbranched alkanes of at least 4 members (excludes halogenated alkanes) is 1. The van der Waals surface area contributed by atoms with Crippen LogP contribution in [0.15, 0.2) is 0 Å². The van der Waals surface area contributed by atoms with Crippen LogP contribution >= 0.6 is 0 Å². The predicted octanol–water partition coefficient (Wildman–Crippen LogP) is -1.84. The van der Waals surface area contributed by atoms with Gasteiger partial charge in [-0.2, -0.15) is 0 Å². The number of nitrogens with one attached hydrogen (secondary N) is 8. The number of rotatable bonds is 29. The molecule has 0 saturated heterocycles. The Morgan fingerprint density at radius 1 is 0.508 bits per heavy atom. The summed E-state index contributed by atoms with van der Waals surface area (Å²) in [6.45, 7) is 18.6. The Balaban J connectivity index is 6.32. The summed E-state index contributed by atoms with van der Waals surface area (Å²) in [7, 11) is 1.60. The Labute approximate surface area is 361 Å². The number of carbonyl (C=O) groups excluding carboxylic acids is 8. The monoisotopic (exact) mass is 871 g/mol. The summed E-state index contributed by atoms with van der Waals surface area (Å²) in [6.07, 6.45) is -1.07. The van der Waals surface area contributed by atoms with E-state index in [1.165, 1.54) is 13.8 Å². The van der Waals surface area contributed by atoms with E-state index in [2.05, 4.69) is 42.5 Å². The summed E-state index contributed by atoms with van der Waals surface area (Å²) >= 11 is 0. The van der Waals surface area contributed by atoms with Crippen LogP contribution in [-0.4, -0.2) is 132 Å². The molecule has 0 aromatic carbocycles. The van der Waals surface area contributed by atoms with Crippen LogP contribution in [0.25, 0.3) is 0 Å². The van der Waals surface area contributed by atoms with Crippen molar-refractivity contribution in [2.24, 2.45) is 35.1 Å². The van der Waals surface area contributed by atoms with Crippen LogP contribution in [0.2, 0.25) is 0 Å². The Morgan fingerprint density at radius 3 is 1.33 bits per heavy atom. The van der Waals surface area contributed by atoms with Gasteiger partial charge in [0.1, 0.15) is 42.3 Å². The zero-order valence-electron chi connectivity index (χ0n) is 38.3. The topological polar surface area (TPSA) is 325 Å². The minimum Gasteiger partial charge on any atom is -0.391 e. The standard InChI is InChI=1S/C41H78N10O10/c1-13-23(8)31(39(59)46-28(34(43)54)18-20(2)3)49-38(58)30(22(6)7)48-40(60)33(26(11)53)51-41(61)32(25(10)52)50-36(56)27(16-14-15-17-42)45-37(57)29(19-21(4)5)47-35(55)24(9)44-12/h20-33,44,52-53H,13-19,42H2,1-12H3,(H2,43,54)(H,45,57)(H,46,59)(H,47,55)(H,48,60)(H,49,58)(H,50,56)(H,51,61)/t23-,24-,25+,26+,27-,28-,29-,30-,31-,32-,33-/m0/s1. The molecule has 0 aromatic rings. The Morgan fingerprint density at radius 2 is 0.902 bits per heavy atom. The van der Waals surface area contributed by atoms with Crippen molar-refractivity contribution < 1.29 is 48.6 Å². The highest BCUT2D eigenvalue weighted by molar-refractivity contribution is 5.98. The maximum absolute atomic E-state index is 13.7. The number of aliphatic hydroxyl groups is 2. The number of amides is 8. The molecule has 0 aliphatic heterocycles.